The quantitative estimate of drug-likeness (QED) is 0.343. The lowest BCUT2D eigenvalue weighted by Gasteiger charge is -2.14. The molecule has 2 aromatic carbocycles. The number of nitrogens with zero attached hydrogens (tertiary/aromatic N) is 1. The molecule has 0 spiro atoms. The first-order valence-corrected chi connectivity index (χ1v) is 6.66. The van der Waals surface area contributed by atoms with Crippen LogP contribution in [0.25, 0.3) is 0 Å². The van der Waals surface area contributed by atoms with E-state index in [9.17, 15) is 4.39 Å². The second kappa shape index (κ2) is 6.85. The summed E-state index contributed by atoms with van der Waals surface area (Å²) < 4.78 is 13.2. The summed E-state index contributed by atoms with van der Waals surface area (Å²) >= 11 is 0. The van der Waals surface area contributed by atoms with Gasteiger partial charge in [-0.2, -0.15) is 0 Å². The number of hydrogen-bond acceptors (Lipinski definition) is 3. The number of benzene rings is 2. The third kappa shape index (κ3) is 4.03. The average molecular weight is 287 g/mol. The molecule has 5 heteroatoms. The Morgan fingerprint density at radius 3 is 2.76 bits per heavy atom. The van der Waals surface area contributed by atoms with E-state index in [0.717, 1.165) is 11.1 Å². The van der Waals surface area contributed by atoms with Crippen LogP contribution in [0.4, 0.5) is 4.39 Å². The number of oxime groups is 1. The fourth-order valence-corrected chi connectivity index (χ4v) is 2.06. The van der Waals surface area contributed by atoms with Gasteiger partial charge in [0.2, 0.25) is 0 Å². The Bertz CT molecular complexity index is 643. The molecule has 0 radical (unpaired) electrons. The molecule has 0 saturated carbocycles. The Labute approximate surface area is 123 Å². The highest BCUT2D eigenvalue weighted by Crippen LogP contribution is 2.14. The topological polar surface area (TPSA) is 70.6 Å². The van der Waals surface area contributed by atoms with Crippen LogP contribution in [0.2, 0.25) is 0 Å². The van der Waals surface area contributed by atoms with Crippen molar-refractivity contribution < 1.29 is 9.60 Å². The first-order chi connectivity index (χ1) is 10.1. The molecule has 0 fully saturated rings. The summed E-state index contributed by atoms with van der Waals surface area (Å²) in [7, 11) is 0. The van der Waals surface area contributed by atoms with Gasteiger partial charge in [-0.3, -0.25) is 0 Å². The van der Waals surface area contributed by atoms with Crippen molar-refractivity contribution in [3.8, 4) is 0 Å². The molecular formula is C16H18FN3O. The van der Waals surface area contributed by atoms with Gasteiger partial charge in [0.1, 0.15) is 5.82 Å². The molecule has 0 saturated heterocycles. The molecule has 2 rings (SSSR count). The SMILES string of the molecule is CC(NCc1cccc(C(N)=NO)c1)c1cccc(F)c1. The van der Waals surface area contributed by atoms with Crippen molar-refractivity contribution >= 4 is 5.84 Å². The molecule has 0 bridgehead atoms. The van der Waals surface area contributed by atoms with Gasteiger partial charge in [-0.15, -0.1) is 0 Å². The Kier molecular flexibility index (Phi) is 4.90. The van der Waals surface area contributed by atoms with Gasteiger partial charge in [0.25, 0.3) is 0 Å². The lowest BCUT2D eigenvalue weighted by molar-refractivity contribution is 0.318. The van der Waals surface area contributed by atoms with Crippen LogP contribution in [0, 0.1) is 5.82 Å². The van der Waals surface area contributed by atoms with E-state index in [1.165, 1.54) is 12.1 Å². The van der Waals surface area contributed by atoms with E-state index in [0.29, 0.717) is 12.1 Å². The maximum atomic E-state index is 13.2. The summed E-state index contributed by atoms with van der Waals surface area (Å²) in [5.74, 6) is -0.162. The van der Waals surface area contributed by atoms with Gasteiger partial charge in [0.05, 0.1) is 0 Å². The molecule has 0 aliphatic carbocycles. The van der Waals surface area contributed by atoms with E-state index in [1.54, 1.807) is 12.1 Å². The van der Waals surface area contributed by atoms with Crippen molar-refractivity contribution in [3.05, 3.63) is 71.0 Å². The smallest absolute Gasteiger partial charge is 0.170 e. The van der Waals surface area contributed by atoms with E-state index >= 15 is 0 Å². The lowest BCUT2D eigenvalue weighted by Crippen LogP contribution is -2.19. The van der Waals surface area contributed by atoms with Crippen LogP contribution in [0.15, 0.2) is 53.7 Å². The van der Waals surface area contributed by atoms with Crippen LogP contribution in [0.5, 0.6) is 0 Å². The van der Waals surface area contributed by atoms with Crippen molar-refractivity contribution in [3.63, 3.8) is 0 Å². The monoisotopic (exact) mass is 287 g/mol. The summed E-state index contributed by atoms with van der Waals surface area (Å²) in [5, 5.41) is 15.0. The van der Waals surface area contributed by atoms with E-state index in [4.69, 9.17) is 10.9 Å². The number of nitrogens with one attached hydrogen (secondary N) is 1. The number of amidine groups is 1. The zero-order valence-electron chi connectivity index (χ0n) is 11.8. The van der Waals surface area contributed by atoms with Crippen LogP contribution >= 0.6 is 0 Å². The molecule has 0 aromatic heterocycles. The van der Waals surface area contributed by atoms with Gasteiger partial charge in [0, 0.05) is 18.2 Å². The number of rotatable bonds is 5. The molecule has 4 N–H and O–H groups in total. The van der Waals surface area contributed by atoms with Crippen molar-refractivity contribution in [2.75, 3.05) is 0 Å². The lowest BCUT2D eigenvalue weighted by atomic mass is 10.1. The highest BCUT2D eigenvalue weighted by Gasteiger charge is 2.06. The summed E-state index contributed by atoms with van der Waals surface area (Å²) in [6, 6.07) is 14.0. The highest BCUT2D eigenvalue weighted by molar-refractivity contribution is 5.97. The molecule has 2 aromatic rings. The van der Waals surface area contributed by atoms with Crippen LogP contribution in [-0.2, 0) is 6.54 Å². The number of halogens is 1. The average Bonchev–Trinajstić information content (AvgIpc) is 2.52. The molecule has 4 nitrogen and oxygen atoms in total. The zero-order chi connectivity index (χ0) is 15.2. The van der Waals surface area contributed by atoms with Crippen LogP contribution in [0.3, 0.4) is 0 Å². The predicted octanol–water partition coefficient (Wildman–Crippen LogP) is 2.77. The van der Waals surface area contributed by atoms with Crippen LogP contribution in [0.1, 0.15) is 29.7 Å². The van der Waals surface area contributed by atoms with Gasteiger partial charge in [0.15, 0.2) is 5.84 Å². The van der Waals surface area contributed by atoms with E-state index in [2.05, 4.69) is 10.5 Å². The minimum absolute atomic E-state index is 0.0215. The van der Waals surface area contributed by atoms with Gasteiger partial charge >= 0.3 is 0 Å². The molecule has 0 heterocycles. The fourth-order valence-electron chi connectivity index (χ4n) is 2.06. The first kappa shape index (κ1) is 15.0. The molecule has 0 aliphatic rings. The van der Waals surface area contributed by atoms with Crippen molar-refractivity contribution in [2.45, 2.75) is 19.5 Å². The van der Waals surface area contributed by atoms with Crippen molar-refractivity contribution in [1.29, 1.82) is 0 Å². The second-order valence-corrected chi connectivity index (χ2v) is 4.84. The number of hydrogen-bond donors (Lipinski definition) is 3. The van der Waals surface area contributed by atoms with Gasteiger partial charge < -0.3 is 16.3 Å². The van der Waals surface area contributed by atoms with E-state index < -0.39 is 0 Å². The maximum absolute atomic E-state index is 13.2. The highest BCUT2D eigenvalue weighted by atomic mass is 19.1. The summed E-state index contributed by atoms with van der Waals surface area (Å²) in [5.41, 5.74) is 8.12. The molecule has 110 valence electrons. The van der Waals surface area contributed by atoms with Gasteiger partial charge in [-0.05, 0) is 36.2 Å². The molecule has 21 heavy (non-hydrogen) atoms. The molecular weight excluding hydrogens is 269 g/mol. The maximum Gasteiger partial charge on any atom is 0.170 e. The molecule has 0 aliphatic heterocycles. The van der Waals surface area contributed by atoms with Gasteiger partial charge in [-0.1, -0.05) is 35.5 Å². The summed E-state index contributed by atoms with van der Waals surface area (Å²) in [6.45, 7) is 2.58. The standard InChI is InChI=1S/C16H18FN3O/c1-11(13-5-3-7-15(17)9-13)19-10-12-4-2-6-14(8-12)16(18)20-21/h2-9,11,19,21H,10H2,1H3,(H2,18,20). The fraction of sp³-hybridized carbons (Fsp3) is 0.188. The summed E-state index contributed by atoms with van der Waals surface area (Å²) in [4.78, 5) is 0. The molecule has 1 atom stereocenters. The van der Waals surface area contributed by atoms with E-state index in [1.807, 2.05) is 31.2 Å². The normalized spacial score (nSPS) is 13.1. The molecule has 0 amide bonds. The Morgan fingerprint density at radius 1 is 1.29 bits per heavy atom. The van der Waals surface area contributed by atoms with E-state index in [-0.39, 0.29) is 17.7 Å². The van der Waals surface area contributed by atoms with Crippen LogP contribution < -0.4 is 11.1 Å². The Morgan fingerprint density at radius 2 is 2.05 bits per heavy atom. The van der Waals surface area contributed by atoms with Crippen LogP contribution in [-0.4, -0.2) is 11.0 Å². The zero-order valence-corrected chi connectivity index (χ0v) is 11.8. The van der Waals surface area contributed by atoms with Crippen molar-refractivity contribution in [1.82, 2.24) is 5.32 Å². The van der Waals surface area contributed by atoms with Crippen molar-refractivity contribution in [2.24, 2.45) is 10.9 Å². The predicted molar refractivity (Wildman–Crippen MR) is 80.6 cm³/mol. The minimum Gasteiger partial charge on any atom is -0.409 e. The second-order valence-electron chi connectivity index (χ2n) is 4.84. The first-order valence-electron chi connectivity index (χ1n) is 6.66. The molecule has 1 unspecified atom stereocenters. The van der Waals surface area contributed by atoms with Gasteiger partial charge in [-0.25, -0.2) is 4.39 Å². The third-order valence-electron chi connectivity index (χ3n) is 3.29. The summed E-state index contributed by atoms with van der Waals surface area (Å²) in [6.07, 6.45) is 0. The third-order valence-corrected chi connectivity index (χ3v) is 3.29. The number of nitrogens with two attached hydrogens (primary N) is 1. The largest absolute Gasteiger partial charge is 0.409 e. The Hall–Kier alpha value is -2.40. The minimum atomic E-state index is -0.241. The Balaban J connectivity index is 2.03.